The first kappa shape index (κ1) is 15.2. The molecule has 8 heteroatoms. The highest BCUT2D eigenvalue weighted by Crippen LogP contribution is 2.18. The molecule has 0 amide bonds. The molecule has 1 fully saturated rings. The standard InChI is InChI=1S/C6H12O6.C2H4O2/c7-1-2-3(8)4(9)5(10)6(11)12-2;1-2(3)4/h2-11H,1H2;1H3,(H,3,4)/t2-,3-,4-,5-,6?;/m1./s1. The second kappa shape index (κ2) is 6.74. The molecule has 96 valence electrons. The third kappa shape index (κ3) is 4.39. The van der Waals surface area contributed by atoms with Crippen molar-refractivity contribution in [1.82, 2.24) is 0 Å². The molecular formula is C8H16O8. The van der Waals surface area contributed by atoms with Crippen LogP contribution in [0.25, 0.3) is 0 Å². The van der Waals surface area contributed by atoms with Gasteiger partial charge in [-0.3, -0.25) is 4.79 Å². The molecule has 0 bridgehead atoms. The van der Waals surface area contributed by atoms with Gasteiger partial charge in [-0.15, -0.1) is 0 Å². The number of rotatable bonds is 1. The minimum atomic E-state index is -1.57. The summed E-state index contributed by atoms with van der Waals surface area (Å²) in [5.41, 5.74) is 0. The van der Waals surface area contributed by atoms with Crippen molar-refractivity contribution >= 4 is 5.97 Å². The molecule has 0 radical (unpaired) electrons. The van der Waals surface area contributed by atoms with E-state index in [-0.39, 0.29) is 0 Å². The Bertz CT molecular complexity index is 211. The van der Waals surface area contributed by atoms with E-state index in [4.69, 9.17) is 35.4 Å². The molecule has 0 saturated carbocycles. The monoisotopic (exact) mass is 240 g/mol. The normalized spacial score (nSPS) is 38.5. The minimum absolute atomic E-state index is 0.526. The highest BCUT2D eigenvalue weighted by atomic mass is 16.6. The van der Waals surface area contributed by atoms with E-state index >= 15 is 0 Å². The minimum Gasteiger partial charge on any atom is -0.481 e. The van der Waals surface area contributed by atoms with Crippen molar-refractivity contribution in [2.45, 2.75) is 37.6 Å². The second-order valence-corrected chi connectivity index (χ2v) is 3.24. The molecule has 0 aromatic heterocycles. The second-order valence-electron chi connectivity index (χ2n) is 3.24. The lowest BCUT2D eigenvalue weighted by molar-refractivity contribution is -0.286. The van der Waals surface area contributed by atoms with E-state index in [1.807, 2.05) is 0 Å². The Hall–Kier alpha value is -0.770. The molecule has 5 atom stereocenters. The maximum Gasteiger partial charge on any atom is 0.300 e. The van der Waals surface area contributed by atoms with Gasteiger partial charge in [0.1, 0.15) is 24.4 Å². The fourth-order valence-corrected chi connectivity index (χ4v) is 1.08. The molecule has 0 aromatic carbocycles. The van der Waals surface area contributed by atoms with Gasteiger partial charge in [-0.05, 0) is 0 Å². The highest BCUT2D eigenvalue weighted by Gasteiger charge is 2.42. The van der Waals surface area contributed by atoms with E-state index in [1.165, 1.54) is 0 Å². The van der Waals surface area contributed by atoms with E-state index in [0.29, 0.717) is 0 Å². The molecule has 0 spiro atoms. The van der Waals surface area contributed by atoms with Crippen LogP contribution in [0.2, 0.25) is 0 Å². The molecule has 0 aliphatic carbocycles. The maximum absolute atomic E-state index is 9.12. The van der Waals surface area contributed by atoms with Crippen LogP contribution in [0.15, 0.2) is 0 Å². The Labute approximate surface area is 91.3 Å². The molecule has 0 aromatic rings. The summed E-state index contributed by atoms with van der Waals surface area (Å²) >= 11 is 0. The molecule has 1 saturated heterocycles. The van der Waals surface area contributed by atoms with Gasteiger partial charge in [0.05, 0.1) is 6.61 Å². The lowest BCUT2D eigenvalue weighted by Gasteiger charge is -2.37. The van der Waals surface area contributed by atoms with Gasteiger partial charge in [-0.2, -0.15) is 0 Å². The average molecular weight is 240 g/mol. The number of carbonyl (C=O) groups is 1. The number of hydrogen-bond acceptors (Lipinski definition) is 7. The van der Waals surface area contributed by atoms with Crippen LogP contribution in [-0.2, 0) is 9.53 Å². The summed E-state index contributed by atoms with van der Waals surface area (Å²) in [5.74, 6) is -0.833. The van der Waals surface area contributed by atoms with Gasteiger partial charge in [0.2, 0.25) is 0 Å². The van der Waals surface area contributed by atoms with Crippen LogP contribution in [0.3, 0.4) is 0 Å². The quantitative estimate of drug-likeness (QED) is 0.282. The van der Waals surface area contributed by atoms with Gasteiger partial charge in [-0.1, -0.05) is 0 Å². The number of aliphatic hydroxyl groups is 5. The fraction of sp³-hybridized carbons (Fsp3) is 0.875. The predicted octanol–water partition coefficient (Wildman–Crippen LogP) is -3.13. The zero-order valence-corrected chi connectivity index (χ0v) is 8.59. The first-order valence-electron chi connectivity index (χ1n) is 4.49. The summed E-state index contributed by atoms with van der Waals surface area (Å²) in [4.78, 5) is 9.00. The summed E-state index contributed by atoms with van der Waals surface area (Å²) in [7, 11) is 0. The van der Waals surface area contributed by atoms with Gasteiger partial charge >= 0.3 is 0 Å². The van der Waals surface area contributed by atoms with Crippen molar-refractivity contribution in [3.8, 4) is 0 Å². The van der Waals surface area contributed by atoms with Gasteiger partial charge in [0, 0.05) is 6.92 Å². The third-order valence-electron chi connectivity index (χ3n) is 1.87. The largest absolute Gasteiger partial charge is 0.481 e. The Kier molecular flexibility index (Phi) is 6.41. The van der Waals surface area contributed by atoms with Crippen molar-refractivity contribution in [3.63, 3.8) is 0 Å². The summed E-state index contributed by atoms with van der Waals surface area (Å²) in [6.45, 7) is 0.558. The topological polar surface area (TPSA) is 148 Å². The van der Waals surface area contributed by atoms with Crippen LogP contribution >= 0.6 is 0 Å². The molecule has 16 heavy (non-hydrogen) atoms. The molecule has 1 rings (SSSR count). The Morgan fingerprint density at radius 1 is 1.12 bits per heavy atom. The molecule has 6 N–H and O–H groups in total. The smallest absolute Gasteiger partial charge is 0.300 e. The molecular weight excluding hydrogens is 224 g/mol. The molecule has 1 heterocycles. The lowest BCUT2D eigenvalue weighted by atomic mass is 10.00. The number of aliphatic hydroxyl groups excluding tert-OH is 5. The number of hydrogen-bond donors (Lipinski definition) is 6. The lowest BCUT2D eigenvalue weighted by Crippen LogP contribution is -2.58. The predicted molar refractivity (Wildman–Crippen MR) is 49.3 cm³/mol. The van der Waals surface area contributed by atoms with Gasteiger partial charge in [0.25, 0.3) is 5.97 Å². The van der Waals surface area contributed by atoms with Crippen LogP contribution < -0.4 is 0 Å². The van der Waals surface area contributed by atoms with Crippen LogP contribution in [0, 0.1) is 0 Å². The number of carboxylic acids is 1. The summed E-state index contributed by atoms with van der Waals surface area (Å²) in [6.07, 6.45) is -7.04. The van der Waals surface area contributed by atoms with E-state index < -0.39 is 43.3 Å². The van der Waals surface area contributed by atoms with Crippen LogP contribution in [-0.4, -0.2) is 73.9 Å². The van der Waals surface area contributed by atoms with Crippen LogP contribution in [0.4, 0.5) is 0 Å². The fourth-order valence-electron chi connectivity index (χ4n) is 1.08. The van der Waals surface area contributed by atoms with Crippen LogP contribution in [0.1, 0.15) is 6.92 Å². The Balaban J connectivity index is 0.000000487. The van der Waals surface area contributed by atoms with Gasteiger partial charge in [0.15, 0.2) is 6.29 Å². The van der Waals surface area contributed by atoms with Crippen molar-refractivity contribution in [2.24, 2.45) is 0 Å². The van der Waals surface area contributed by atoms with E-state index in [9.17, 15) is 0 Å². The first-order chi connectivity index (χ1) is 7.31. The number of ether oxygens (including phenoxy) is 1. The highest BCUT2D eigenvalue weighted by molar-refractivity contribution is 5.62. The van der Waals surface area contributed by atoms with Crippen molar-refractivity contribution < 1.29 is 40.2 Å². The summed E-state index contributed by atoms with van der Waals surface area (Å²) < 4.78 is 4.58. The number of aliphatic carboxylic acids is 1. The molecule has 8 nitrogen and oxygen atoms in total. The Morgan fingerprint density at radius 2 is 1.56 bits per heavy atom. The van der Waals surface area contributed by atoms with Gasteiger partial charge < -0.3 is 35.4 Å². The average Bonchev–Trinajstić information content (AvgIpc) is 2.19. The zero-order chi connectivity index (χ0) is 12.9. The summed E-state index contributed by atoms with van der Waals surface area (Å²) in [5, 5.41) is 52.1. The third-order valence-corrected chi connectivity index (χ3v) is 1.87. The SMILES string of the molecule is CC(=O)O.OC[C@H]1OC(O)[C@H](O)[C@H](O)[C@@H]1O. The van der Waals surface area contributed by atoms with E-state index in [0.717, 1.165) is 6.92 Å². The first-order valence-corrected chi connectivity index (χ1v) is 4.49. The van der Waals surface area contributed by atoms with E-state index in [2.05, 4.69) is 4.74 Å². The Morgan fingerprint density at radius 3 is 1.94 bits per heavy atom. The summed E-state index contributed by atoms with van der Waals surface area (Å²) in [6, 6.07) is 0. The van der Waals surface area contributed by atoms with Crippen molar-refractivity contribution in [2.75, 3.05) is 6.61 Å². The maximum atomic E-state index is 9.12. The number of carboxylic acid groups (broad SMARTS) is 1. The zero-order valence-electron chi connectivity index (χ0n) is 8.59. The molecule has 1 aliphatic rings. The van der Waals surface area contributed by atoms with Crippen molar-refractivity contribution in [1.29, 1.82) is 0 Å². The molecule has 1 aliphatic heterocycles. The molecule has 1 unspecified atom stereocenters. The van der Waals surface area contributed by atoms with Crippen LogP contribution in [0.5, 0.6) is 0 Å². The van der Waals surface area contributed by atoms with Crippen molar-refractivity contribution in [3.05, 3.63) is 0 Å². The van der Waals surface area contributed by atoms with Gasteiger partial charge in [-0.25, -0.2) is 0 Å². The van der Waals surface area contributed by atoms with E-state index in [1.54, 1.807) is 0 Å².